The molecule has 8 heteroatoms. The zero-order chi connectivity index (χ0) is 11.8. The Balaban J connectivity index is 2.57. The highest BCUT2D eigenvalue weighted by Crippen LogP contribution is 2.35. The van der Waals surface area contributed by atoms with E-state index in [1.807, 2.05) is 0 Å². The molecular formula is C8H5F3N4O. The maximum absolute atomic E-state index is 12.6. The van der Waals surface area contributed by atoms with Gasteiger partial charge in [0.2, 0.25) is 0 Å². The summed E-state index contributed by atoms with van der Waals surface area (Å²) in [5, 5.41) is 6.66. The first-order valence-electron chi connectivity index (χ1n) is 4.09. The second-order valence-electron chi connectivity index (χ2n) is 2.86. The highest BCUT2D eigenvalue weighted by molar-refractivity contribution is 5.58. The smallest absolute Gasteiger partial charge is 0.403 e. The van der Waals surface area contributed by atoms with Gasteiger partial charge in [0.1, 0.15) is 0 Å². The molecule has 0 aromatic carbocycles. The van der Waals surface area contributed by atoms with Crippen molar-refractivity contribution in [2.45, 2.75) is 6.18 Å². The Hall–Kier alpha value is -2.12. The van der Waals surface area contributed by atoms with Crippen LogP contribution in [0, 0.1) is 0 Å². The fraction of sp³-hybridized carbons (Fsp3) is 0.125. The number of hydrogen-bond donors (Lipinski definition) is 1. The lowest BCUT2D eigenvalue weighted by atomic mass is 10.1. The average Bonchev–Trinajstić information content (AvgIpc) is 2.64. The van der Waals surface area contributed by atoms with Gasteiger partial charge in [-0.2, -0.15) is 13.2 Å². The number of aromatic nitrogens is 3. The molecule has 16 heavy (non-hydrogen) atoms. The number of halogens is 3. The lowest BCUT2D eigenvalue weighted by Gasteiger charge is -2.08. The molecule has 2 N–H and O–H groups in total. The van der Waals surface area contributed by atoms with Gasteiger partial charge in [0.25, 0.3) is 5.89 Å². The zero-order valence-corrected chi connectivity index (χ0v) is 7.69. The molecule has 0 saturated heterocycles. The third-order valence-electron chi connectivity index (χ3n) is 1.80. The normalized spacial score (nSPS) is 11.7. The molecule has 0 bridgehead atoms. The van der Waals surface area contributed by atoms with Crippen LogP contribution in [0.3, 0.4) is 0 Å². The minimum atomic E-state index is -4.51. The molecule has 2 heterocycles. The van der Waals surface area contributed by atoms with E-state index in [1.54, 1.807) is 0 Å². The van der Waals surface area contributed by atoms with Gasteiger partial charge in [-0.15, -0.1) is 5.10 Å². The fourth-order valence-corrected chi connectivity index (χ4v) is 1.16. The van der Waals surface area contributed by atoms with E-state index in [-0.39, 0.29) is 17.5 Å². The van der Waals surface area contributed by atoms with Crippen LogP contribution in [0.15, 0.2) is 22.9 Å². The minimum absolute atomic E-state index is 0.292. The molecule has 0 spiro atoms. The van der Waals surface area contributed by atoms with Crippen molar-refractivity contribution in [3.8, 4) is 11.5 Å². The van der Waals surface area contributed by atoms with Crippen molar-refractivity contribution in [1.29, 1.82) is 0 Å². The van der Waals surface area contributed by atoms with Gasteiger partial charge in [-0.25, -0.2) is 0 Å². The van der Waals surface area contributed by atoms with Crippen molar-refractivity contribution in [1.82, 2.24) is 15.2 Å². The van der Waals surface area contributed by atoms with Crippen LogP contribution < -0.4 is 5.73 Å². The van der Waals surface area contributed by atoms with Gasteiger partial charge in [-0.3, -0.25) is 4.98 Å². The summed E-state index contributed by atoms with van der Waals surface area (Å²) in [6.07, 6.45) is -2.48. The van der Waals surface area contributed by atoms with Crippen molar-refractivity contribution < 1.29 is 17.6 Å². The van der Waals surface area contributed by atoms with Crippen LogP contribution in [0.5, 0.6) is 0 Å². The van der Waals surface area contributed by atoms with Gasteiger partial charge in [-0.1, -0.05) is 5.10 Å². The van der Waals surface area contributed by atoms with Gasteiger partial charge in [0.15, 0.2) is 0 Å². The van der Waals surface area contributed by atoms with E-state index < -0.39 is 11.7 Å². The highest BCUT2D eigenvalue weighted by Gasteiger charge is 2.35. The van der Waals surface area contributed by atoms with Crippen LogP contribution in [-0.4, -0.2) is 15.2 Å². The number of nitrogens with zero attached hydrogens (tertiary/aromatic N) is 3. The van der Waals surface area contributed by atoms with Crippen LogP contribution in [0.2, 0.25) is 0 Å². The number of hydrogen-bond acceptors (Lipinski definition) is 5. The largest absolute Gasteiger partial charge is 0.417 e. The van der Waals surface area contributed by atoms with Crippen LogP contribution >= 0.6 is 0 Å². The summed E-state index contributed by atoms with van der Waals surface area (Å²) < 4.78 is 42.5. The molecular weight excluding hydrogens is 225 g/mol. The number of nitrogen functional groups attached to an aromatic ring is 1. The molecule has 0 aliphatic carbocycles. The van der Waals surface area contributed by atoms with Crippen molar-refractivity contribution in [3.63, 3.8) is 0 Å². The van der Waals surface area contributed by atoms with Crippen molar-refractivity contribution in [2.24, 2.45) is 0 Å². The minimum Gasteiger partial charge on any atom is -0.403 e. The molecule has 0 radical (unpaired) electrons. The van der Waals surface area contributed by atoms with Gasteiger partial charge in [-0.05, 0) is 6.07 Å². The molecule has 0 amide bonds. The molecule has 0 aliphatic heterocycles. The number of rotatable bonds is 1. The van der Waals surface area contributed by atoms with Gasteiger partial charge in [0, 0.05) is 12.4 Å². The topological polar surface area (TPSA) is 77.8 Å². The predicted octanol–water partition coefficient (Wildman–Crippen LogP) is 1.73. The van der Waals surface area contributed by atoms with E-state index in [2.05, 4.69) is 15.2 Å². The van der Waals surface area contributed by atoms with E-state index in [1.165, 1.54) is 0 Å². The predicted molar refractivity (Wildman–Crippen MR) is 46.9 cm³/mol. The van der Waals surface area contributed by atoms with E-state index in [0.717, 1.165) is 18.5 Å². The molecule has 2 aromatic rings. The van der Waals surface area contributed by atoms with Crippen LogP contribution in [-0.2, 0) is 6.18 Å². The Morgan fingerprint density at radius 3 is 2.56 bits per heavy atom. The maximum Gasteiger partial charge on any atom is 0.417 e. The molecule has 0 fully saturated rings. The van der Waals surface area contributed by atoms with Crippen LogP contribution in [0.25, 0.3) is 11.5 Å². The van der Waals surface area contributed by atoms with Crippen LogP contribution in [0.4, 0.5) is 19.2 Å². The summed E-state index contributed by atoms with van der Waals surface area (Å²) in [5.41, 5.74) is 3.94. The van der Waals surface area contributed by atoms with Gasteiger partial charge in [0.05, 0.1) is 11.1 Å². The number of alkyl halides is 3. The van der Waals surface area contributed by atoms with E-state index >= 15 is 0 Å². The van der Waals surface area contributed by atoms with Gasteiger partial charge >= 0.3 is 12.2 Å². The number of pyridine rings is 1. The standard InChI is InChI=1S/C8H5F3N4O/c9-8(10,11)5-1-2-13-3-4(5)6-14-15-7(12)16-6/h1-3H,(H2,12,15). The quantitative estimate of drug-likeness (QED) is 0.807. The lowest BCUT2D eigenvalue weighted by molar-refractivity contribution is -0.137. The molecule has 0 aliphatic rings. The lowest BCUT2D eigenvalue weighted by Crippen LogP contribution is -2.07. The third-order valence-corrected chi connectivity index (χ3v) is 1.80. The Morgan fingerprint density at radius 1 is 1.25 bits per heavy atom. The van der Waals surface area contributed by atoms with Crippen molar-refractivity contribution >= 4 is 6.01 Å². The first-order chi connectivity index (χ1) is 7.48. The van der Waals surface area contributed by atoms with Gasteiger partial charge < -0.3 is 10.2 Å². The summed E-state index contributed by atoms with van der Waals surface area (Å²) in [7, 11) is 0. The summed E-state index contributed by atoms with van der Waals surface area (Å²) in [4.78, 5) is 3.58. The summed E-state index contributed by atoms with van der Waals surface area (Å²) in [6, 6.07) is 0.530. The summed E-state index contributed by atoms with van der Waals surface area (Å²) in [5.74, 6) is -0.307. The summed E-state index contributed by atoms with van der Waals surface area (Å²) >= 11 is 0. The van der Waals surface area contributed by atoms with Crippen LogP contribution in [0.1, 0.15) is 5.56 Å². The molecule has 84 valence electrons. The first-order valence-corrected chi connectivity index (χ1v) is 4.09. The first kappa shape index (κ1) is 10.4. The van der Waals surface area contributed by atoms with Crippen molar-refractivity contribution in [3.05, 3.63) is 24.0 Å². The fourth-order valence-electron chi connectivity index (χ4n) is 1.16. The van der Waals surface area contributed by atoms with E-state index in [0.29, 0.717) is 0 Å². The Labute approximate surface area is 87.1 Å². The monoisotopic (exact) mass is 230 g/mol. The number of nitrogens with two attached hydrogens (primary N) is 1. The van der Waals surface area contributed by atoms with Crippen molar-refractivity contribution in [2.75, 3.05) is 5.73 Å². The molecule has 5 nitrogen and oxygen atoms in total. The molecule has 0 atom stereocenters. The molecule has 2 rings (SSSR count). The second-order valence-corrected chi connectivity index (χ2v) is 2.86. The number of anilines is 1. The Morgan fingerprint density at radius 2 is 2.00 bits per heavy atom. The maximum atomic E-state index is 12.6. The SMILES string of the molecule is Nc1nnc(-c2cnccc2C(F)(F)F)o1. The Bertz CT molecular complexity index is 508. The second kappa shape index (κ2) is 3.47. The zero-order valence-electron chi connectivity index (χ0n) is 7.69. The molecule has 0 saturated carbocycles. The van der Waals surface area contributed by atoms with E-state index in [9.17, 15) is 13.2 Å². The average molecular weight is 230 g/mol. The third kappa shape index (κ3) is 1.81. The molecule has 0 unspecified atom stereocenters. The highest BCUT2D eigenvalue weighted by atomic mass is 19.4. The summed E-state index contributed by atoms with van der Waals surface area (Å²) in [6.45, 7) is 0. The Kier molecular flexibility index (Phi) is 2.26. The van der Waals surface area contributed by atoms with E-state index in [4.69, 9.17) is 10.2 Å². The molecule has 2 aromatic heterocycles.